The molecule has 2 heterocycles. The fourth-order valence-electron chi connectivity index (χ4n) is 3.85. The Bertz CT molecular complexity index is 777. The third kappa shape index (κ3) is 3.07. The van der Waals surface area contributed by atoms with E-state index < -0.39 is 11.6 Å². The lowest BCUT2D eigenvalue weighted by Crippen LogP contribution is -2.43. The van der Waals surface area contributed by atoms with Crippen LogP contribution in [0.2, 0.25) is 0 Å². The van der Waals surface area contributed by atoms with Crippen LogP contribution in [0.4, 0.5) is 8.78 Å². The van der Waals surface area contributed by atoms with E-state index in [4.69, 9.17) is 0 Å². The second kappa shape index (κ2) is 6.96. The minimum atomic E-state index is -0.864. The molecule has 0 bridgehead atoms. The summed E-state index contributed by atoms with van der Waals surface area (Å²) in [5, 5.41) is 3.46. The van der Waals surface area contributed by atoms with E-state index >= 15 is 0 Å². The summed E-state index contributed by atoms with van der Waals surface area (Å²) in [6.45, 7) is 14.8. The minimum Gasteiger partial charge on any atom is -0.362 e. The summed E-state index contributed by atoms with van der Waals surface area (Å²) in [6, 6.07) is 0. The van der Waals surface area contributed by atoms with E-state index in [9.17, 15) is 8.78 Å². The van der Waals surface area contributed by atoms with Gasteiger partial charge in [-0.2, -0.15) is 0 Å². The third-order valence-electron chi connectivity index (χ3n) is 5.00. The van der Waals surface area contributed by atoms with Crippen LogP contribution in [0.1, 0.15) is 42.0 Å². The van der Waals surface area contributed by atoms with Crippen molar-refractivity contribution in [3.8, 4) is 0 Å². The van der Waals surface area contributed by atoms with Crippen molar-refractivity contribution in [3.63, 3.8) is 0 Å². The predicted octanol–water partition coefficient (Wildman–Crippen LogP) is 4.74. The van der Waals surface area contributed by atoms with Crippen LogP contribution in [0.5, 0.6) is 0 Å². The Balaban J connectivity index is 2.08. The summed E-state index contributed by atoms with van der Waals surface area (Å²) in [5.41, 5.74) is 3.38. The van der Waals surface area contributed by atoms with Gasteiger partial charge in [0.05, 0.1) is 6.17 Å². The largest absolute Gasteiger partial charge is 0.362 e. The van der Waals surface area contributed by atoms with Gasteiger partial charge in [0, 0.05) is 30.4 Å². The summed E-state index contributed by atoms with van der Waals surface area (Å²) in [5.74, 6) is -1.68. The molecule has 0 saturated carbocycles. The van der Waals surface area contributed by atoms with Crippen molar-refractivity contribution in [2.45, 2.75) is 32.4 Å². The first-order valence-electron chi connectivity index (χ1n) is 8.61. The molecule has 1 fully saturated rings. The molecule has 2 aliphatic rings. The summed E-state index contributed by atoms with van der Waals surface area (Å²) in [7, 11) is 0. The van der Waals surface area contributed by atoms with Gasteiger partial charge in [0.1, 0.15) is 0 Å². The standard InChI is InChI=1S/C21H24F2N2/c1-5-15-17(10-14-11-24-18-8-7-9-25(18)12-14)21(23)20(22)16(6-2)19(15)13(3)4/h5-6,12,18,24H,1-3,7-11H2,4H3. The number of nitrogens with zero attached hydrogens (tertiary/aromatic N) is 1. The highest BCUT2D eigenvalue weighted by atomic mass is 19.2. The SMILES string of the molecule is C=Cc1c(F)c(F)c(CC2=CN3CCCC3NC2)c(C=C)c1C(=C)C. The summed E-state index contributed by atoms with van der Waals surface area (Å²) >= 11 is 0. The lowest BCUT2D eigenvalue weighted by atomic mass is 9.88. The van der Waals surface area contributed by atoms with Gasteiger partial charge in [-0.25, -0.2) is 8.78 Å². The topological polar surface area (TPSA) is 15.3 Å². The third-order valence-corrected chi connectivity index (χ3v) is 5.00. The number of rotatable bonds is 5. The number of fused-ring (bicyclic) bond motifs is 1. The average Bonchev–Trinajstić information content (AvgIpc) is 3.06. The number of benzene rings is 1. The van der Waals surface area contributed by atoms with Gasteiger partial charge in [0.25, 0.3) is 0 Å². The smallest absolute Gasteiger partial charge is 0.166 e. The zero-order valence-electron chi connectivity index (χ0n) is 14.7. The number of halogens is 2. The quantitative estimate of drug-likeness (QED) is 0.832. The van der Waals surface area contributed by atoms with Gasteiger partial charge in [0.15, 0.2) is 11.6 Å². The number of allylic oxidation sites excluding steroid dienone is 1. The average molecular weight is 342 g/mol. The molecule has 0 aromatic heterocycles. The normalized spacial score (nSPS) is 19.4. The van der Waals surface area contributed by atoms with Gasteiger partial charge >= 0.3 is 0 Å². The lowest BCUT2D eigenvalue weighted by Gasteiger charge is -2.31. The Morgan fingerprint density at radius 1 is 1.28 bits per heavy atom. The molecule has 1 aromatic carbocycles. The van der Waals surface area contributed by atoms with Crippen LogP contribution < -0.4 is 5.32 Å². The highest BCUT2D eigenvalue weighted by molar-refractivity contribution is 5.80. The van der Waals surface area contributed by atoms with E-state index in [2.05, 4.69) is 36.2 Å². The minimum absolute atomic E-state index is 0.152. The molecule has 3 rings (SSSR count). The highest BCUT2D eigenvalue weighted by Gasteiger charge is 2.27. The van der Waals surface area contributed by atoms with Crippen molar-refractivity contribution in [1.82, 2.24) is 10.2 Å². The Morgan fingerprint density at radius 3 is 2.64 bits per heavy atom. The van der Waals surface area contributed by atoms with Gasteiger partial charge in [-0.15, -0.1) is 0 Å². The van der Waals surface area contributed by atoms with Gasteiger partial charge < -0.3 is 4.90 Å². The first kappa shape index (κ1) is 17.6. The number of nitrogens with one attached hydrogen (secondary N) is 1. The van der Waals surface area contributed by atoms with Gasteiger partial charge in [-0.1, -0.05) is 31.9 Å². The van der Waals surface area contributed by atoms with E-state index in [1.54, 1.807) is 13.0 Å². The second-order valence-corrected chi connectivity index (χ2v) is 6.74. The zero-order chi connectivity index (χ0) is 18.1. The molecule has 4 heteroatoms. The zero-order valence-corrected chi connectivity index (χ0v) is 14.7. The number of hydrogen-bond acceptors (Lipinski definition) is 2. The molecule has 2 aliphatic heterocycles. The molecule has 0 aliphatic carbocycles. The van der Waals surface area contributed by atoms with Crippen LogP contribution in [-0.2, 0) is 6.42 Å². The maximum absolute atomic E-state index is 14.8. The molecule has 0 amide bonds. The van der Waals surface area contributed by atoms with Crippen LogP contribution in [0.3, 0.4) is 0 Å². The molecule has 1 unspecified atom stereocenters. The van der Waals surface area contributed by atoms with Crippen molar-refractivity contribution >= 4 is 17.7 Å². The fourth-order valence-corrected chi connectivity index (χ4v) is 3.85. The highest BCUT2D eigenvalue weighted by Crippen LogP contribution is 2.34. The molecule has 0 radical (unpaired) electrons. The van der Waals surface area contributed by atoms with Gasteiger partial charge in [-0.05, 0) is 48.5 Å². The molecule has 132 valence electrons. The maximum Gasteiger partial charge on any atom is 0.166 e. The summed E-state index contributed by atoms with van der Waals surface area (Å²) in [6.07, 6.45) is 8.02. The van der Waals surface area contributed by atoms with Crippen molar-refractivity contribution in [2.24, 2.45) is 0 Å². The molecular weight excluding hydrogens is 318 g/mol. The Labute approximate surface area is 148 Å². The van der Waals surface area contributed by atoms with Crippen LogP contribution in [0.15, 0.2) is 31.5 Å². The molecule has 1 aromatic rings. The Kier molecular flexibility index (Phi) is 4.91. The van der Waals surface area contributed by atoms with Crippen LogP contribution >= 0.6 is 0 Å². The van der Waals surface area contributed by atoms with Crippen LogP contribution in [0.25, 0.3) is 17.7 Å². The molecule has 1 atom stereocenters. The van der Waals surface area contributed by atoms with Crippen molar-refractivity contribution in [2.75, 3.05) is 13.1 Å². The van der Waals surface area contributed by atoms with E-state index in [-0.39, 0.29) is 5.56 Å². The van der Waals surface area contributed by atoms with Crippen molar-refractivity contribution in [3.05, 3.63) is 65.4 Å². The van der Waals surface area contributed by atoms with Gasteiger partial charge in [-0.3, -0.25) is 5.32 Å². The van der Waals surface area contributed by atoms with E-state index in [1.807, 2.05) is 0 Å². The first-order chi connectivity index (χ1) is 12.0. The lowest BCUT2D eigenvalue weighted by molar-refractivity contribution is 0.281. The Morgan fingerprint density at radius 2 is 2.00 bits per heavy atom. The first-order valence-corrected chi connectivity index (χ1v) is 8.61. The molecule has 25 heavy (non-hydrogen) atoms. The molecule has 1 saturated heterocycles. The molecular formula is C21H24F2N2. The molecule has 0 spiro atoms. The van der Waals surface area contributed by atoms with E-state index in [1.165, 1.54) is 6.08 Å². The number of hydrogen-bond donors (Lipinski definition) is 1. The second-order valence-electron chi connectivity index (χ2n) is 6.74. The van der Waals surface area contributed by atoms with E-state index in [0.29, 0.717) is 41.4 Å². The fraction of sp³-hybridized carbons (Fsp3) is 0.333. The summed E-state index contributed by atoms with van der Waals surface area (Å²) in [4.78, 5) is 2.25. The Hall–Kier alpha value is -2.20. The van der Waals surface area contributed by atoms with Crippen LogP contribution in [-0.4, -0.2) is 24.2 Å². The maximum atomic E-state index is 14.8. The van der Waals surface area contributed by atoms with E-state index in [0.717, 1.165) is 25.0 Å². The van der Waals surface area contributed by atoms with Crippen molar-refractivity contribution < 1.29 is 8.78 Å². The summed E-state index contributed by atoms with van der Waals surface area (Å²) < 4.78 is 29.4. The monoisotopic (exact) mass is 342 g/mol. The van der Waals surface area contributed by atoms with Crippen LogP contribution in [0, 0.1) is 11.6 Å². The molecule has 2 nitrogen and oxygen atoms in total. The van der Waals surface area contributed by atoms with Crippen molar-refractivity contribution in [1.29, 1.82) is 0 Å². The predicted molar refractivity (Wildman–Crippen MR) is 101 cm³/mol. The van der Waals surface area contributed by atoms with Gasteiger partial charge in [0.2, 0.25) is 0 Å². The molecule has 1 N–H and O–H groups in total.